The Morgan fingerprint density at radius 2 is 2.00 bits per heavy atom. The monoisotopic (exact) mass is 376 g/mol. The molecular weight excluding hydrogens is 356 g/mol. The van der Waals surface area contributed by atoms with Crippen LogP contribution in [-0.4, -0.2) is 25.7 Å². The summed E-state index contributed by atoms with van der Waals surface area (Å²) in [5.41, 5.74) is 3.75. The average Bonchev–Trinajstić information content (AvgIpc) is 3.30. The summed E-state index contributed by atoms with van der Waals surface area (Å²) in [6.45, 7) is 4.15. The summed E-state index contributed by atoms with van der Waals surface area (Å²) >= 11 is 0. The number of carbonyl (C=O) groups is 1. The number of hydrogen-bond donors (Lipinski definition) is 2. The number of aryl methyl sites for hydroxylation is 3. The fraction of sp³-hybridized carbons (Fsp3) is 0.200. The Balaban J connectivity index is 1.58. The van der Waals surface area contributed by atoms with E-state index in [1.54, 1.807) is 29.1 Å². The topological polar surface area (TPSA) is 97.9 Å². The molecule has 0 radical (unpaired) electrons. The highest BCUT2D eigenvalue weighted by molar-refractivity contribution is 5.95. The molecule has 2 N–H and O–H groups in total. The molecule has 0 spiro atoms. The highest BCUT2D eigenvalue weighted by atomic mass is 16.3. The number of amides is 1. The van der Waals surface area contributed by atoms with E-state index in [4.69, 9.17) is 4.42 Å². The molecule has 3 heterocycles. The van der Waals surface area contributed by atoms with Gasteiger partial charge in [-0.3, -0.25) is 9.48 Å². The summed E-state index contributed by atoms with van der Waals surface area (Å²) in [4.78, 5) is 21.4. The number of anilines is 2. The first kappa shape index (κ1) is 17.7. The van der Waals surface area contributed by atoms with Gasteiger partial charge in [0.1, 0.15) is 17.1 Å². The van der Waals surface area contributed by atoms with Gasteiger partial charge in [0, 0.05) is 18.3 Å². The van der Waals surface area contributed by atoms with Gasteiger partial charge in [0.25, 0.3) is 5.91 Å². The third-order valence-electron chi connectivity index (χ3n) is 4.46. The summed E-state index contributed by atoms with van der Waals surface area (Å²) < 4.78 is 7.02. The Kier molecular flexibility index (Phi) is 4.52. The maximum absolute atomic E-state index is 12.4. The van der Waals surface area contributed by atoms with Crippen molar-refractivity contribution in [3.63, 3.8) is 0 Å². The van der Waals surface area contributed by atoms with Gasteiger partial charge in [0.2, 0.25) is 0 Å². The second-order valence-electron chi connectivity index (χ2n) is 6.49. The highest BCUT2D eigenvalue weighted by Gasteiger charge is 2.14. The molecule has 0 unspecified atom stereocenters. The predicted molar refractivity (Wildman–Crippen MR) is 105 cm³/mol. The SMILES string of the molecule is Cc1nc(Nc2cccc(C(=O)NCc3ccco3)c2)c2nn(C)c(C)c2n1. The number of hydrogen-bond acceptors (Lipinski definition) is 6. The summed E-state index contributed by atoms with van der Waals surface area (Å²) in [6, 6.07) is 10.8. The number of fused-ring (bicyclic) bond motifs is 1. The Hall–Kier alpha value is -3.68. The van der Waals surface area contributed by atoms with Crippen molar-refractivity contribution in [2.75, 3.05) is 5.32 Å². The number of nitrogens with zero attached hydrogens (tertiary/aromatic N) is 4. The molecule has 3 aromatic heterocycles. The third-order valence-corrected chi connectivity index (χ3v) is 4.46. The van der Waals surface area contributed by atoms with Gasteiger partial charge in [0.05, 0.1) is 18.5 Å². The number of nitrogens with one attached hydrogen (secondary N) is 2. The molecule has 1 amide bonds. The maximum atomic E-state index is 12.4. The predicted octanol–water partition coefficient (Wildman–Crippen LogP) is 3.25. The highest BCUT2D eigenvalue weighted by Crippen LogP contribution is 2.25. The van der Waals surface area contributed by atoms with E-state index in [1.807, 2.05) is 39.1 Å². The second kappa shape index (κ2) is 7.15. The van der Waals surface area contributed by atoms with Crippen molar-refractivity contribution in [3.05, 3.63) is 65.5 Å². The largest absolute Gasteiger partial charge is 0.467 e. The van der Waals surface area contributed by atoms with Crippen LogP contribution in [-0.2, 0) is 13.6 Å². The van der Waals surface area contributed by atoms with Crippen molar-refractivity contribution in [1.29, 1.82) is 0 Å². The minimum atomic E-state index is -0.183. The van der Waals surface area contributed by atoms with Crippen LogP contribution in [0.5, 0.6) is 0 Å². The molecule has 0 aliphatic carbocycles. The summed E-state index contributed by atoms with van der Waals surface area (Å²) in [6.07, 6.45) is 1.58. The second-order valence-corrected chi connectivity index (χ2v) is 6.49. The standard InChI is InChI=1S/C20H20N6O2/c1-12-17-18(25-26(12)3)19(23-13(2)22-17)24-15-7-4-6-14(10-15)20(27)21-11-16-8-5-9-28-16/h4-10H,11H2,1-3H3,(H,21,27)(H,22,23,24). The Morgan fingerprint density at radius 3 is 2.79 bits per heavy atom. The number of furan rings is 1. The first-order valence-corrected chi connectivity index (χ1v) is 8.87. The number of carbonyl (C=O) groups excluding carboxylic acids is 1. The Labute approximate surface area is 161 Å². The molecule has 0 bridgehead atoms. The van der Waals surface area contributed by atoms with E-state index >= 15 is 0 Å². The fourth-order valence-electron chi connectivity index (χ4n) is 2.94. The first-order valence-electron chi connectivity index (χ1n) is 8.87. The molecule has 8 heteroatoms. The normalized spacial score (nSPS) is 11.0. The van der Waals surface area contributed by atoms with E-state index in [2.05, 4.69) is 25.7 Å². The molecule has 0 fully saturated rings. The molecule has 0 atom stereocenters. The minimum Gasteiger partial charge on any atom is -0.467 e. The smallest absolute Gasteiger partial charge is 0.251 e. The zero-order chi connectivity index (χ0) is 19.7. The summed E-state index contributed by atoms with van der Waals surface area (Å²) in [5, 5.41) is 10.6. The molecule has 142 valence electrons. The van der Waals surface area contributed by atoms with E-state index in [-0.39, 0.29) is 5.91 Å². The van der Waals surface area contributed by atoms with E-state index in [0.29, 0.717) is 35.0 Å². The van der Waals surface area contributed by atoms with Crippen molar-refractivity contribution >= 4 is 28.4 Å². The number of benzene rings is 1. The van der Waals surface area contributed by atoms with Crippen LogP contribution in [0.15, 0.2) is 47.1 Å². The van der Waals surface area contributed by atoms with Gasteiger partial charge in [-0.25, -0.2) is 9.97 Å². The molecule has 0 aliphatic rings. The maximum Gasteiger partial charge on any atom is 0.251 e. The van der Waals surface area contributed by atoms with Gasteiger partial charge >= 0.3 is 0 Å². The van der Waals surface area contributed by atoms with Crippen LogP contribution in [0, 0.1) is 13.8 Å². The van der Waals surface area contributed by atoms with Crippen LogP contribution in [0.4, 0.5) is 11.5 Å². The number of rotatable bonds is 5. The van der Waals surface area contributed by atoms with E-state index in [0.717, 1.165) is 16.9 Å². The van der Waals surface area contributed by atoms with Gasteiger partial charge in [-0.2, -0.15) is 5.10 Å². The van der Waals surface area contributed by atoms with Gasteiger partial charge in [0.15, 0.2) is 11.3 Å². The van der Waals surface area contributed by atoms with Crippen LogP contribution in [0.3, 0.4) is 0 Å². The Morgan fingerprint density at radius 1 is 1.14 bits per heavy atom. The molecule has 4 rings (SSSR count). The molecule has 28 heavy (non-hydrogen) atoms. The van der Waals surface area contributed by atoms with Crippen molar-refractivity contribution in [1.82, 2.24) is 25.1 Å². The first-order chi connectivity index (χ1) is 13.5. The molecule has 8 nitrogen and oxygen atoms in total. The van der Waals surface area contributed by atoms with Crippen LogP contribution < -0.4 is 10.6 Å². The van der Waals surface area contributed by atoms with E-state index < -0.39 is 0 Å². The number of aromatic nitrogens is 4. The van der Waals surface area contributed by atoms with Crippen molar-refractivity contribution in [3.8, 4) is 0 Å². The van der Waals surface area contributed by atoms with Crippen LogP contribution in [0.25, 0.3) is 11.0 Å². The van der Waals surface area contributed by atoms with E-state index in [9.17, 15) is 4.79 Å². The summed E-state index contributed by atoms with van der Waals surface area (Å²) in [7, 11) is 1.88. The lowest BCUT2D eigenvalue weighted by Gasteiger charge is -2.09. The van der Waals surface area contributed by atoms with Gasteiger partial charge in [-0.1, -0.05) is 6.07 Å². The van der Waals surface area contributed by atoms with Crippen LogP contribution >= 0.6 is 0 Å². The van der Waals surface area contributed by atoms with Gasteiger partial charge in [-0.05, 0) is 44.2 Å². The fourth-order valence-corrected chi connectivity index (χ4v) is 2.94. The van der Waals surface area contributed by atoms with Gasteiger partial charge in [-0.15, -0.1) is 0 Å². The molecule has 4 aromatic rings. The quantitative estimate of drug-likeness (QED) is 0.555. The Bertz CT molecular complexity index is 1150. The zero-order valence-corrected chi connectivity index (χ0v) is 15.9. The minimum absolute atomic E-state index is 0.183. The lowest BCUT2D eigenvalue weighted by molar-refractivity contribution is 0.0948. The van der Waals surface area contributed by atoms with Crippen LogP contribution in [0.2, 0.25) is 0 Å². The van der Waals surface area contributed by atoms with Crippen molar-refractivity contribution in [2.24, 2.45) is 7.05 Å². The molecule has 1 aromatic carbocycles. The lowest BCUT2D eigenvalue weighted by atomic mass is 10.2. The van der Waals surface area contributed by atoms with Gasteiger partial charge < -0.3 is 15.1 Å². The molecule has 0 aliphatic heterocycles. The van der Waals surface area contributed by atoms with E-state index in [1.165, 1.54) is 0 Å². The van der Waals surface area contributed by atoms with Crippen LogP contribution in [0.1, 0.15) is 27.6 Å². The lowest BCUT2D eigenvalue weighted by Crippen LogP contribution is -2.22. The summed E-state index contributed by atoms with van der Waals surface area (Å²) in [5.74, 6) is 1.78. The molecule has 0 saturated carbocycles. The third kappa shape index (κ3) is 3.44. The zero-order valence-electron chi connectivity index (χ0n) is 15.9. The van der Waals surface area contributed by atoms with Crippen molar-refractivity contribution in [2.45, 2.75) is 20.4 Å². The average molecular weight is 376 g/mol. The van der Waals surface area contributed by atoms with Crippen molar-refractivity contribution < 1.29 is 9.21 Å². The molecule has 0 saturated heterocycles. The molecular formula is C20H20N6O2.